The number of aryl methyl sites for hydroxylation is 1. The van der Waals surface area contributed by atoms with Gasteiger partial charge < -0.3 is 21.7 Å². The van der Waals surface area contributed by atoms with Gasteiger partial charge in [-0.05, 0) is 37.0 Å². The summed E-state index contributed by atoms with van der Waals surface area (Å²) in [7, 11) is 0. The van der Waals surface area contributed by atoms with Gasteiger partial charge in [0.25, 0.3) is 0 Å². The van der Waals surface area contributed by atoms with E-state index in [0.717, 1.165) is 13.0 Å². The van der Waals surface area contributed by atoms with Crippen molar-refractivity contribution in [3.63, 3.8) is 0 Å². The van der Waals surface area contributed by atoms with Crippen molar-refractivity contribution in [2.24, 2.45) is 0 Å². The van der Waals surface area contributed by atoms with E-state index in [0.29, 0.717) is 6.04 Å². The van der Waals surface area contributed by atoms with Crippen LogP contribution in [0.4, 0.5) is 0 Å². The number of hydrogen-bond donors (Lipinski definition) is 0. The van der Waals surface area contributed by atoms with Crippen LogP contribution in [-0.4, -0.2) is 17.5 Å². The molecule has 0 spiro atoms. The van der Waals surface area contributed by atoms with Crippen LogP contribution in [0.3, 0.4) is 0 Å². The quantitative estimate of drug-likeness (QED) is 0.481. The van der Waals surface area contributed by atoms with Crippen molar-refractivity contribution in [3.8, 4) is 0 Å². The molecule has 2 aliphatic heterocycles. The van der Waals surface area contributed by atoms with Crippen LogP contribution in [0.5, 0.6) is 0 Å². The molecule has 2 aromatic carbocycles. The van der Waals surface area contributed by atoms with Gasteiger partial charge in [0.1, 0.15) is 6.23 Å². The second-order valence-electron chi connectivity index (χ2n) is 6.07. The molecule has 1 unspecified atom stereocenters. The van der Waals surface area contributed by atoms with Crippen LogP contribution in [0, 0.1) is 13.8 Å². The summed E-state index contributed by atoms with van der Waals surface area (Å²) in [5, 5.41) is 0. The number of fused-ring (bicyclic) bond motifs is 3. The Kier molecular flexibility index (Phi) is 6.46. The van der Waals surface area contributed by atoms with E-state index in [2.05, 4.69) is 67.3 Å². The summed E-state index contributed by atoms with van der Waals surface area (Å²) in [4.78, 5) is 2.45. The Morgan fingerprint density at radius 3 is 2.57 bits per heavy atom. The molecule has 2 heterocycles. The van der Waals surface area contributed by atoms with Crippen LogP contribution in [0.15, 0.2) is 48.5 Å². The summed E-state index contributed by atoms with van der Waals surface area (Å²) in [5.74, 6) is 0. The molecule has 0 N–H and O–H groups in total. The average molecular weight is 559 g/mol. The normalized spacial score (nSPS) is 25.7. The van der Waals surface area contributed by atoms with E-state index in [1.54, 1.807) is 0 Å². The number of nitrogens with zero attached hydrogens (tertiary/aromatic N) is 1. The fraction of sp³-hybridized carbons (Fsp3) is 0.316. The molecule has 0 amide bonds. The molecule has 4 heteroatoms. The van der Waals surface area contributed by atoms with Gasteiger partial charge in [-0.1, -0.05) is 48.5 Å². The maximum absolute atomic E-state index is 6.19. The van der Waals surface area contributed by atoms with Crippen molar-refractivity contribution >= 4 is 0 Å². The van der Waals surface area contributed by atoms with Gasteiger partial charge in [0, 0.05) is 11.6 Å². The molecular formula is C19H20BrHgNO. The molecule has 0 aromatic heterocycles. The van der Waals surface area contributed by atoms with Crippen molar-refractivity contribution in [2.75, 3.05) is 6.61 Å². The topological polar surface area (TPSA) is 12.5 Å². The Labute approximate surface area is 169 Å². The van der Waals surface area contributed by atoms with E-state index >= 15 is 0 Å². The molecule has 3 atom stereocenters. The fourth-order valence-electron chi connectivity index (χ4n) is 3.77. The van der Waals surface area contributed by atoms with E-state index in [9.17, 15) is 0 Å². The standard InChI is InChI=1S/C19H20NO.BrH.Hg/c1-13-7-6-10-16-11-14(2)20-17(12-21-19(20)18(13)16)15-8-4-3-5-9-15;;/h3-10,14,17,19H,2,11-12H2,1H3;1H;/q;;+1/p-1/t14-,17-,19?;;/m1../s1. The van der Waals surface area contributed by atoms with Crippen molar-refractivity contribution in [1.29, 1.82) is 0 Å². The maximum Gasteiger partial charge on any atom is 1.00 e. The summed E-state index contributed by atoms with van der Waals surface area (Å²) in [6.45, 7) is 7.32. The molecule has 4 rings (SSSR count). The van der Waals surface area contributed by atoms with Crippen LogP contribution in [-0.2, 0) is 38.8 Å². The van der Waals surface area contributed by atoms with Gasteiger partial charge in [-0.2, -0.15) is 0 Å². The average Bonchev–Trinajstić information content (AvgIpc) is 2.93. The summed E-state index contributed by atoms with van der Waals surface area (Å²) >= 11 is 0. The van der Waals surface area contributed by atoms with Gasteiger partial charge in [-0.15, -0.1) is 0 Å². The monoisotopic (exact) mass is 559 g/mol. The minimum atomic E-state index is 0. The first-order chi connectivity index (χ1) is 10.3. The van der Waals surface area contributed by atoms with E-state index in [-0.39, 0.29) is 56.9 Å². The van der Waals surface area contributed by atoms with Crippen LogP contribution >= 0.6 is 0 Å². The summed E-state index contributed by atoms with van der Waals surface area (Å²) < 4.78 is 6.19. The molecule has 2 nitrogen and oxygen atoms in total. The molecule has 0 saturated carbocycles. The molecule has 116 valence electrons. The predicted octanol–water partition coefficient (Wildman–Crippen LogP) is 0.827. The third-order valence-corrected chi connectivity index (χ3v) is 4.77. The van der Waals surface area contributed by atoms with E-state index in [1.165, 1.54) is 22.3 Å². The Morgan fingerprint density at radius 1 is 1.09 bits per heavy atom. The van der Waals surface area contributed by atoms with Gasteiger partial charge in [0.2, 0.25) is 0 Å². The molecule has 2 aliphatic rings. The summed E-state index contributed by atoms with van der Waals surface area (Å²) in [6, 6.07) is 17.8. The molecule has 0 bridgehead atoms. The molecule has 1 fully saturated rings. The van der Waals surface area contributed by atoms with Gasteiger partial charge in [0.05, 0.1) is 12.6 Å². The first kappa shape index (κ1) is 19.1. The number of ether oxygens (including phenoxy) is 1. The SMILES string of the molecule is [Br-].[CH2][C@@H]1Cc2cccc(C)c2C2OC[C@H](c3ccccc3)N21.[Hg+]. The molecule has 23 heavy (non-hydrogen) atoms. The Bertz CT molecular complexity index is 664. The van der Waals surface area contributed by atoms with Crippen LogP contribution < -0.4 is 17.0 Å². The van der Waals surface area contributed by atoms with Crippen LogP contribution in [0.2, 0.25) is 0 Å². The summed E-state index contributed by atoms with van der Waals surface area (Å²) in [6.07, 6.45) is 1.06. The molecule has 2 radical (unpaired) electrons. The number of halogens is 1. The number of benzene rings is 2. The first-order valence-electron chi connectivity index (χ1n) is 7.61. The molecule has 1 saturated heterocycles. The van der Waals surface area contributed by atoms with Crippen molar-refractivity contribution < 1.29 is 49.4 Å². The number of hydrogen-bond acceptors (Lipinski definition) is 2. The summed E-state index contributed by atoms with van der Waals surface area (Å²) in [5.41, 5.74) is 5.40. The fourth-order valence-corrected chi connectivity index (χ4v) is 3.77. The molecular weight excluding hydrogens is 539 g/mol. The van der Waals surface area contributed by atoms with Crippen molar-refractivity contribution in [3.05, 3.63) is 77.7 Å². The zero-order valence-corrected chi connectivity index (χ0v) is 20.5. The Morgan fingerprint density at radius 2 is 1.83 bits per heavy atom. The van der Waals surface area contributed by atoms with Gasteiger partial charge >= 0.3 is 27.7 Å². The largest absolute Gasteiger partial charge is 1.00 e. The van der Waals surface area contributed by atoms with Crippen molar-refractivity contribution in [1.82, 2.24) is 4.90 Å². The van der Waals surface area contributed by atoms with Crippen LogP contribution in [0.1, 0.15) is 34.5 Å². The van der Waals surface area contributed by atoms with E-state index in [1.807, 2.05) is 0 Å². The minimum Gasteiger partial charge on any atom is -1.00 e. The van der Waals surface area contributed by atoms with E-state index in [4.69, 9.17) is 4.74 Å². The minimum absolute atomic E-state index is 0. The third-order valence-electron chi connectivity index (χ3n) is 4.77. The van der Waals surface area contributed by atoms with Crippen LogP contribution in [0.25, 0.3) is 0 Å². The smallest absolute Gasteiger partial charge is 1.00 e. The Balaban J connectivity index is 0.000000960. The Hall–Kier alpha value is -0.225. The van der Waals surface area contributed by atoms with Gasteiger partial charge in [0.15, 0.2) is 0 Å². The predicted molar refractivity (Wildman–Crippen MR) is 83.7 cm³/mol. The second-order valence-corrected chi connectivity index (χ2v) is 6.07. The molecule has 0 aliphatic carbocycles. The van der Waals surface area contributed by atoms with E-state index < -0.39 is 0 Å². The number of rotatable bonds is 1. The second kappa shape index (κ2) is 7.77. The zero-order chi connectivity index (χ0) is 14.4. The van der Waals surface area contributed by atoms with Gasteiger partial charge in [-0.25, -0.2) is 0 Å². The zero-order valence-electron chi connectivity index (χ0n) is 13.4. The first-order valence-corrected chi connectivity index (χ1v) is 7.61. The maximum atomic E-state index is 6.19. The van der Waals surface area contributed by atoms with Crippen molar-refractivity contribution in [2.45, 2.75) is 31.7 Å². The third kappa shape index (κ3) is 3.30. The van der Waals surface area contributed by atoms with Gasteiger partial charge in [-0.3, -0.25) is 4.90 Å². The molecule has 2 aromatic rings.